The number of nitrogens with one attached hydrogen (secondary N) is 1. The van der Waals surface area contributed by atoms with Crippen molar-refractivity contribution in [1.82, 2.24) is 0 Å². The Labute approximate surface area is 157 Å². The molecule has 0 saturated carbocycles. The second-order valence-corrected chi connectivity index (χ2v) is 7.48. The zero-order valence-electron chi connectivity index (χ0n) is 14.5. The molecule has 3 aromatic carbocycles. The van der Waals surface area contributed by atoms with E-state index in [2.05, 4.69) is 5.32 Å². The van der Waals surface area contributed by atoms with Crippen LogP contribution in [0.2, 0.25) is 0 Å². The number of hydrogen-bond acceptors (Lipinski definition) is 5. The third kappa shape index (κ3) is 4.45. The summed E-state index contributed by atoms with van der Waals surface area (Å²) in [5.74, 6) is 0.866. The van der Waals surface area contributed by atoms with E-state index in [4.69, 9.17) is 9.47 Å². The van der Waals surface area contributed by atoms with Gasteiger partial charge in [0.15, 0.2) is 0 Å². The number of para-hydroxylation sites is 1. The lowest BCUT2D eigenvalue weighted by molar-refractivity contribution is 0.215. The van der Waals surface area contributed by atoms with Gasteiger partial charge in [-0.2, -0.15) is 0 Å². The zero-order chi connectivity index (χ0) is 19.3. The fourth-order valence-corrected chi connectivity index (χ4v) is 3.66. The Morgan fingerprint density at radius 1 is 0.815 bits per heavy atom. The molecule has 0 aromatic heterocycles. The minimum absolute atomic E-state index is 0.109. The molecule has 27 heavy (non-hydrogen) atoms. The van der Waals surface area contributed by atoms with Crippen molar-refractivity contribution >= 4 is 21.6 Å². The van der Waals surface area contributed by atoms with Gasteiger partial charge in [-0.05, 0) is 54.6 Å². The van der Waals surface area contributed by atoms with Crippen LogP contribution in [-0.2, 0) is 9.84 Å². The third-order valence-electron chi connectivity index (χ3n) is 3.72. The third-order valence-corrected chi connectivity index (χ3v) is 5.48. The first-order valence-electron chi connectivity index (χ1n) is 8.02. The second-order valence-electron chi connectivity index (χ2n) is 5.53. The molecular formula is C20H17NO5S. The summed E-state index contributed by atoms with van der Waals surface area (Å²) in [5, 5.41) is 2.55. The maximum Gasteiger partial charge on any atom is 0.417 e. The van der Waals surface area contributed by atoms with Crippen molar-refractivity contribution in [3.8, 4) is 11.5 Å². The molecule has 7 heteroatoms. The first-order valence-corrected chi connectivity index (χ1v) is 9.50. The predicted octanol–water partition coefficient (Wildman–Crippen LogP) is 4.14. The van der Waals surface area contributed by atoms with Gasteiger partial charge in [0, 0.05) is 5.69 Å². The smallest absolute Gasteiger partial charge is 0.417 e. The van der Waals surface area contributed by atoms with Crippen LogP contribution in [-0.4, -0.2) is 21.6 Å². The van der Waals surface area contributed by atoms with E-state index in [0.717, 1.165) is 0 Å². The molecule has 0 radical (unpaired) electrons. The van der Waals surface area contributed by atoms with Crippen LogP contribution in [0.1, 0.15) is 0 Å². The van der Waals surface area contributed by atoms with E-state index < -0.39 is 15.9 Å². The Morgan fingerprint density at radius 2 is 1.48 bits per heavy atom. The summed E-state index contributed by atoms with van der Waals surface area (Å²) in [6.07, 6.45) is -0.662. The van der Waals surface area contributed by atoms with Crippen LogP contribution in [0.5, 0.6) is 11.5 Å². The van der Waals surface area contributed by atoms with Gasteiger partial charge < -0.3 is 9.47 Å². The van der Waals surface area contributed by atoms with Crippen molar-refractivity contribution in [2.45, 2.75) is 9.79 Å². The van der Waals surface area contributed by atoms with Gasteiger partial charge in [0.1, 0.15) is 11.5 Å². The summed E-state index contributed by atoms with van der Waals surface area (Å²) in [5.41, 5.74) is 0.417. The van der Waals surface area contributed by atoms with Gasteiger partial charge >= 0.3 is 6.09 Å². The first-order chi connectivity index (χ1) is 13.0. The molecule has 0 spiro atoms. The molecule has 3 rings (SSSR count). The van der Waals surface area contributed by atoms with Crippen LogP contribution in [0.3, 0.4) is 0 Å². The summed E-state index contributed by atoms with van der Waals surface area (Å²) in [6, 6.07) is 20.7. The fourth-order valence-electron chi connectivity index (χ4n) is 2.36. The molecule has 138 valence electrons. The molecule has 6 nitrogen and oxygen atoms in total. The minimum atomic E-state index is -3.69. The molecule has 0 aliphatic heterocycles. The minimum Gasteiger partial charge on any atom is -0.497 e. The Kier molecular flexibility index (Phi) is 5.42. The van der Waals surface area contributed by atoms with Crippen LogP contribution < -0.4 is 14.8 Å². The van der Waals surface area contributed by atoms with Crippen LogP contribution in [0.15, 0.2) is 88.7 Å². The Bertz CT molecular complexity index is 1030. The molecule has 0 bridgehead atoms. The quantitative estimate of drug-likeness (QED) is 0.716. The SMILES string of the molecule is COc1cccc(S(=O)(=O)c2ccc(NC(=O)Oc3ccccc3)cc2)c1. The van der Waals surface area contributed by atoms with E-state index >= 15 is 0 Å². The lowest BCUT2D eigenvalue weighted by atomic mass is 10.3. The van der Waals surface area contributed by atoms with Crippen LogP contribution >= 0.6 is 0 Å². The number of anilines is 1. The number of carbonyl (C=O) groups is 1. The lowest BCUT2D eigenvalue weighted by Gasteiger charge is -2.09. The zero-order valence-corrected chi connectivity index (χ0v) is 15.3. The van der Waals surface area contributed by atoms with Crippen molar-refractivity contribution < 1.29 is 22.7 Å². The van der Waals surface area contributed by atoms with Crippen molar-refractivity contribution in [2.24, 2.45) is 0 Å². The van der Waals surface area contributed by atoms with E-state index in [1.165, 1.54) is 43.5 Å². The number of sulfone groups is 1. The number of hydrogen-bond donors (Lipinski definition) is 1. The van der Waals surface area contributed by atoms with Gasteiger partial charge in [0.05, 0.1) is 16.9 Å². The van der Waals surface area contributed by atoms with Crippen molar-refractivity contribution in [3.63, 3.8) is 0 Å². The number of methoxy groups -OCH3 is 1. The van der Waals surface area contributed by atoms with E-state index in [0.29, 0.717) is 17.2 Å². The topological polar surface area (TPSA) is 81.7 Å². The molecule has 0 aliphatic carbocycles. The molecule has 0 aliphatic rings. The summed E-state index contributed by atoms with van der Waals surface area (Å²) >= 11 is 0. The standard InChI is InChI=1S/C20H17NO5S/c1-25-17-8-5-9-19(14-17)27(23,24)18-12-10-15(11-13-18)21-20(22)26-16-6-3-2-4-7-16/h2-14H,1H3,(H,21,22). The highest BCUT2D eigenvalue weighted by Crippen LogP contribution is 2.25. The van der Waals surface area contributed by atoms with Gasteiger partial charge in [-0.1, -0.05) is 24.3 Å². The fraction of sp³-hybridized carbons (Fsp3) is 0.0500. The Morgan fingerprint density at radius 3 is 2.15 bits per heavy atom. The molecule has 0 atom stereocenters. The summed E-state index contributed by atoms with van der Waals surface area (Å²) < 4.78 is 35.6. The maximum absolute atomic E-state index is 12.7. The number of ether oxygens (including phenoxy) is 2. The average molecular weight is 383 g/mol. The largest absolute Gasteiger partial charge is 0.497 e. The monoisotopic (exact) mass is 383 g/mol. The molecule has 0 saturated heterocycles. The van der Waals surface area contributed by atoms with Crippen molar-refractivity contribution in [3.05, 3.63) is 78.9 Å². The normalized spacial score (nSPS) is 10.9. The highest BCUT2D eigenvalue weighted by molar-refractivity contribution is 7.91. The van der Waals surface area contributed by atoms with Crippen LogP contribution in [0, 0.1) is 0 Å². The van der Waals surface area contributed by atoms with E-state index in [9.17, 15) is 13.2 Å². The summed E-state index contributed by atoms with van der Waals surface area (Å²) in [4.78, 5) is 12.1. The second kappa shape index (κ2) is 7.92. The van der Waals surface area contributed by atoms with Gasteiger partial charge in [-0.25, -0.2) is 13.2 Å². The highest BCUT2D eigenvalue weighted by atomic mass is 32.2. The van der Waals surface area contributed by atoms with E-state index in [-0.39, 0.29) is 9.79 Å². The highest BCUT2D eigenvalue weighted by Gasteiger charge is 2.18. The summed E-state index contributed by atoms with van der Waals surface area (Å²) in [7, 11) is -2.22. The molecule has 1 amide bonds. The van der Waals surface area contributed by atoms with Gasteiger partial charge in [0.25, 0.3) is 0 Å². The van der Waals surface area contributed by atoms with Crippen LogP contribution in [0.25, 0.3) is 0 Å². The molecule has 0 heterocycles. The number of rotatable bonds is 5. The number of amides is 1. The van der Waals surface area contributed by atoms with Gasteiger partial charge in [0.2, 0.25) is 9.84 Å². The van der Waals surface area contributed by atoms with Crippen molar-refractivity contribution in [1.29, 1.82) is 0 Å². The maximum atomic E-state index is 12.7. The molecular weight excluding hydrogens is 366 g/mol. The first kappa shape index (κ1) is 18.5. The van der Waals surface area contributed by atoms with Gasteiger partial charge in [-0.3, -0.25) is 5.32 Å². The van der Waals surface area contributed by atoms with Gasteiger partial charge in [-0.15, -0.1) is 0 Å². The lowest BCUT2D eigenvalue weighted by Crippen LogP contribution is -2.16. The molecule has 3 aromatic rings. The predicted molar refractivity (Wildman–Crippen MR) is 101 cm³/mol. The molecule has 1 N–H and O–H groups in total. The number of carbonyl (C=O) groups excluding carboxylic acids is 1. The summed E-state index contributed by atoms with van der Waals surface area (Å²) in [6.45, 7) is 0. The molecule has 0 unspecified atom stereocenters. The Hall–Kier alpha value is -3.32. The average Bonchev–Trinajstić information content (AvgIpc) is 2.69. The molecule has 0 fully saturated rings. The van der Waals surface area contributed by atoms with E-state index in [1.807, 2.05) is 6.07 Å². The van der Waals surface area contributed by atoms with Crippen molar-refractivity contribution in [2.75, 3.05) is 12.4 Å². The van der Waals surface area contributed by atoms with Crippen LogP contribution in [0.4, 0.5) is 10.5 Å². The Balaban J connectivity index is 1.73. The number of benzene rings is 3. The van der Waals surface area contributed by atoms with E-state index in [1.54, 1.807) is 36.4 Å².